The molecule has 0 aliphatic rings. The second-order valence-electron chi connectivity index (χ2n) is 4.06. The Hall–Kier alpha value is -1.31. The van der Waals surface area contributed by atoms with Crippen LogP contribution in [-0.4, -0.2) is 13.4 Å². The maximum absolute atomic E-state index is 12.3. The number of aryl methyl sites for hydroxylation is 1. The SMILES string of the molecule is Cc1nc(Br)ccc1NS(=O)(=O)c1ccc(N)cc1Cl. The van der Waals surface area contributed by atoms with Crippen molar-refractivity contribution in [3.8, 4) is 0 Å². The molecule has 3 N–H and O–H groups in total. The molecule has 0 saturated carbocycles. The lowest BCUT2D eigenvalue weighted by molar-refractivity contribution is 0.601. The zero-order valence-electron chi connectivity index (χ0n) is 10.4. The van der Waals surface area contributed by atoms with Gasteiger partial charge in [-0.05, 0) is 53.2 Å². The monoisotopic (exact) mass is 375 g/mol. The third-order valence-corrected chi connectivity index (χ3v) is 4.83. The number of sulfonamides is 1. The van der Waals surface area contributed by atoms with E-state index in [4.69, 9.17) is 17.3 Å². The van der Waals surface area contributed by atoms with Gasteiger partial charge in [0.15, 0.2) is 0 Å². The van der Waals surface area contributed by atoms with E-state index in [0.717, 1.165) is 0 Å². The number of aromatic nitrogens is 1. The molecule has 0 saturated heterocycles. The minimum absolute atomic E-state index is 0.0318. The summed E-state index contributed by atoms with van der Waals surface area (Å²) in [5, 5.41) is 0.0697. The van der Waals surface area contributed by atoms with Gasteiger partial charge in [-0.25, -0.2) is 13.4 Å². The molecule has 5 nitrogen and oxygen atoms in total. The summed E-state index contributed by atoms with van der Waals surface area (Å²) in [6.07, 6.45) is 0. The fourth-order valence-corrected chi connectivity index (χ4v) is 3.64. The van der Waals surface area contributed by atoms with Crippen LogP contribution in [0.2, 0.25) is 5.02 Å². The predicted molar refractivity (Wildman–Crippen MR) is 83.3 cm³/mol. The Morgan fingerprint density at radius 1 is 1.30 bits per heavy atom. The predicted octanol–water partition coefficient (Wildman–Crippen LogP) is 3.19. The highest BCUT2D eigenvalue weighted by atomic mass is 79.9. The van der Waals surface area contributed by atoms with Gasteiger partial charge in [-0.2, -0.15) is 0 Å². The number of pyridine rings is 1. The van der Waals surface area contributed by atoms with Crippen LogP contribution in [0.15, 0.2) is 39.8 Å². The highest BCUT2D eigenvalue weighted by Gasteiger charge is 2.19. The van der Waals surface area contributed by atoms with Crippen LogP contribution in [0.5, 0.6) is 0 Å². The molecule has 0 atom stereocenters. The van der Waals surface area contributed by atoms with Crippen LogP contribution in [0.4, 0.5) is 11.4 Å². The lowest BCUT2D eigenvalue weighted by Gasteiger charge is -2.11. The van der Waals surface area contributed by atoms with Gasteiger partial charge in [0.2, 0.25) is 0 Å². The van der Waals surface area contributed by atoms with Crippen molar-refractivity contribution in [2.24, 2.45) is 0 Å². The van der Waals surface area contributed by atoms with Crippen LogP contribution >= 0.6 is 27.5 Å². The van der Waals surface area contributed by atoms with Crippen LogP contribution in [0, 0.1) is 6.92 Å². The Labute approximate surface area is 130 Å². The van der Waals surface area contributed by atoms with E-state index < -0.39 is 10.0 Å². The molecule has 0 radical (unpaired) electrons. The molecule has 0 bridgehead atoms. The molecule has 8 heteroatoms. The largest absolute Gasteiger partial charge is 0.399 e. The van der Waals surface area contributed by atoms with Crippen LogP contribution in [-0.2, 0) is 10.0 Å². The Morgan fingerprint density at radius 2 is 2.00 bits per heavy atom. The van der Waals surface area contributed by atoms with E-state index >= 15 is 0 Å². The molecule has 1 aromatic heterocycles. The van der Waals surface area contributed by atoms with E-state index in [1.807, 2.05) is 0 Å². The van der Waals surface area contributed by atoms with Crippen molar-refractivity contribution in [3.05, 3.63) is 45.7 Å². The molecular weight excluding hydrogens is 366 g/mol. The molecule has 0 spiro atoms. The Kier molecular flexibility index (Phi) is 4.22. The zero-order valence-corrected chi connectivity index (χ0v) is 13.6. The molecule has 2 aromatic rings. The maximum Gasteiger partial charge on any atom is 0.263 e. The Balaban J connectivity index is 2.41. The van der Waals surface area contributed by atoms with Gasteiger partial charge in [0.25, 0.3) is 10.0 Å². The van der Waals surface area contributed by atoms with Crippen molar-refractivity contribution < 1.29 is 8.42 Å². The maximum atomic E-state index is 12.3. The van der Waals surface area contributed by atoms with Gasteiger partial charge < -0.3 is 5.73 Å². The number of rotatable bonds is 3. The van der Waals surface area contributed by atoms with Crippen LogP contribution in [0.25, 0.3) is 0 Å². The molecule has 0 unspecified atom stereocenters. The highest BCUT2D eigenvalue weighted by molar-refractivity contribution is 9.10. The molecular formula is C12H11BrClN3O2S. The highest BCUT2D eigenvalue weighted by Crippen LogP contribution is 2.26. The lowest BCUT2D eigenvalue weighted by Crippen LogP contribution is -2.14. The van der Waals surface area contributed by atoms with Gasteiger partial charge in [-0.15, -0.1) is 0 Å². The molecule has 20 heavy (non-hydrogen) atoms. The summed E-state index contributed by atoms with van der Waals surface area (Å²) in [5.74, 6) is 0. The van der Waals surface area contributed by atoms with Crippen LogP contribution in [0.3, 0.4) is 0 Å². The minimum atomic E-state index is -3.79. The van der Waals surface area contributed by atoms with Crippen molar-refractivity contribution in [1.29, 1.82) is 0 Å². The van der Waals surface area contributed by atoms with Crippen molar-refractivity contribution in [3.63, 3.8) is 0 Å². The smallest absolute Gasteiger partial charge is 0.263 e. The quantitative estimate of drug-likeness (QED) is 0.636. The second kappa shape index (κ2) is 5.59. The number of benzene rings is 1. The standard InChI is InChI=1S/C12H11BrClN3O2S/c1-7-10(3-5-12(13)16-7)17-20(18,19)11-4-2-8(15)6-9(11)14/h2-6,17H,15H2,1H3. The number of nitrogen functional groups attached to an aromatic ring is 1. The number of halogens is 2. The first-order chi connectivity index (χ1) is 9.29. The van der Waals surface area contributed by atoms with E-state index in [9.17, 15) is 8.42 Å². The van der Waals surface area contributed by atoms with E-state index in [-0.39, 0.29) is 9.92 Å². The summed E-state index contributed by atoms with van der Waals surface area (Å²) in [7, 11) is -3.79. The molecule has 1 heterocycles. The van der Waals surface area contributed by atoms with Crippen molar-refractivity contribution >= 4 is 48.9 Å². The molecule has 0 fully saturated rings. The Bertz CT molecular complexity index is 765. The Morgan fingerprint density at radius 3 is 2.60 bits per heavy atom. The van der Waals surface area contributed by atoms with E-state index in [2.05, 4.69) is 25.6 Å². The van der Waals surface area contributed by atoms with E-state index in [0.29, 0.717) is 21.7 Å². The third-order valence-electron chi connectivity index (χ3n) is 2.54. The first-order valence-electron chi connectivity index (χ1n) is 5.50. The lowest BCUT2D eigenvalue weighted by atomic mass is 10.3. The van der Waals surface area contributed by atoms with Crippen molar-refractivity contribution in [1.82, 2.24) is 4.98 Å². The van der Waals surface area contributed by atoms with Gasteiger partial charge in [0.05, 0.1) is 16.4 Å². The van der Waals surface area contributed by atoms with Gasteiger partial charge in [-0.3, -0.25) is 4.72 Å². The number of hydrogen-bond acceptors (Lipinski definition) is 4. The van der Waals surface area contributed by atoms with Gasteiger partial charge >= 0.3 is 0 Å². The summed E-state index contributed by atoms with van der Waals surface area (Å²) in [6, 6.07) is 7.50. The summed E-state index contributed by atoms with van der Waals surface area (Å²) in [6.45, 7) is 1.70. The van der Waals surface area contributed by atoms with Gasteiger partial charge in [-0.1, -0.05) is 11.6 Å². The van der Waals surface area contributed by atoms with Crippen molar-refractivity contribution in [2.75, 3.05) is 10.5 Å². The first-order valence-corrected chi connectivity index (χ1v) is 8.16. The molecule has 0 aliphatic carbocycles. The summed E-state index contributed by atoms with van der Waals surface area (Å²) >= 11 is 9.14. The average molecular weight is 377 g/mol. The van der Waals surface area contributed by atoms with E-state index in [1.54, 1.807) is 19.1 Å². The molecule has 1 aromatic carbocycles. The minimum Gasteiger partial charge on any atom is -0.399 e. The fourth-order valence-electron chi connectivity index (χ4n) is 1.57. The average Bonchev–Trinajstić information content (AvgIpc) is 2.32. The van der Waals surface area contributed by atoms with Gasteiger partial charge in [0, 0.05) is 5.69 Å². The number of nitrogens with two attached hydrogens (primary N) is 1. The second-order valence-corrected chi connectivity index (χ2v) is 6.93. The topological polar surface area (TPSA) is 85.1 Å². The molecule has 0 amide bonds. The normalized spacial score (nSPS) is 11.3. The van der Waals surface area contributed by atoms with E-state index in [1.165, 1.54) is 18.2 Å². The first kappa shape index (κ1) is 15.1. The number of nitrogens with one attached hydrogen (secondary N) is 1. The van der Waals surface area contributed by atoms with Crippen molar-refractivity contribution in [2.45, 2.75) is 11.8 Å². The molecule has 106 valence electrons. The molecule has 2 rings (SSSR count). The van der Waals surface area contributed by atoms with Crippen LogP contribution in [0.1, 0.15) is 5.69 Å². The number of nitrogens with zero attached hydrogens (tertiary/aromatic N) is 1. The fraction of sp³-hybridized carbons (Fsp3) is 0.0833. The van der Waals surface area contributed by atoms with Gasteiger partial charge in [0.1, 0.15) is 9.50 Å². The third kappa shape index (κ3) is 3.23. The summed E-state index contributed by atoms with van der Waals surface area (Å²) in [4.78, 5) is 4.09. The number of hydrogen-bond donors (Lipinski definition) is 2. The summed E-state index contributed by atoms with van der Waals surface area (Å²) < 4.78 is 27.7. The summed E-state index contributed by atoms with van der Waals surface area (Å²) in [5.41, 5.74) is 6.89. The van der Waals surface area contributed by atoms with Crippen LogP contribution < -0.4 is 10.5 Å². The molecule has 0 aliphatic heterocycles. The number of anilines is 2. The zero-order chi connectivity index (χ0) is 14.9.